The fourth-order valence-electron chi connectivity index (χ4n) is 9.61. The minimum absolute atomic E-state index is 0.0140. The van der Waals surface area contributed by atoms with Crippen LogP contribution in [-0.4, -0.2) is 43.0 Å². The van der Waals surface area contributed by atoms with Crippen molar-refractivity contribution >= 4 is 57.7 Å². The number of rotatable bonds is 4. The van der Waals surface area contributed by atoms with E-state index in [9.17, 15) is 20.2 Å². The largest absolute Gasteiger partial charge is 0.493 e. The number of hydrogen-bond acceptors (Lipinski definition) is 8. The zero-order chi connectivity index (χ0) is 49.6. The van der Waals surface area contributed by atoms with Gasteiger partial charge in [0.2, 0.25) is 0 Å². The average Bonchev–Trinajstić information content (AvgIpc) is 4.19. The molecule has 0 atom stereocenters. The summed E-state index contributed by atoms with van der Waals surface area (Å²) >= 11 is 0. The molecule has 3 aromatic heterocycles. The summed E-state index contributed by atoms with van der Waals surface area (Å²) in [5.41, 5.74) is 13.9. The Morgan fingerprint density at radius 1 is 0.451 bits per heavy atom. The molecule has 12 nitrogen and oxygen atoms in total. The highest BCUT2D eigenvalue weighted by Gasteiger charge is 2.25. The quantitative estimate of drug-likeness (QED) is 0.130. The highest BCUT2D eigenvalue weighted by molar-refractivity contribution is 6.01. The van der Waals surface area contributed by atoms with Crippen LogP contribution in [0.25, 0.3) is 90.9 Å². The molecule has 10 bridgehead atoms. The summed E-state index contributed by atoms with van der Waals surface area (Å²) in [7, 11) is 0. The Balaban J connectivity index is 1.40. The molecule has 3 aliphatic rings. The van der Waals surface area contributed by atoms with E-state index in [4.69, 9.17) is 19.4 Å². The predicted octanol–water partition coefficient (Wildman–Crippen LogP) is 15.5. The molecule has 71 heavy (non-hydrogen) atoms. The molecular formula is C59H56N6O6. The number of fused-ring (bicyclic) bond motifs is 10. The number of H-pyrrole nitrogens is 2. The van der Waals surface area contributed by atoms with Gasteiger partial charge in [-0.15, -0.1) is 0 Å². The van der Waals surface area contributed by atoms with Crippen molar-refractivity contribution in [3.8, 4) is 56.0 Å². The zero-order valence-corrected chi connectivity index (χ0v) is 40.9. The van der Waals surface area contributed by atoms with Gasteiger partial charge in [-0.1, -0.05) is 72.9 Å². The van der Waals surface area contributed by atoms with Crippen LogP contribution in [-0.2, 0) is 10.8 Å². The van der Waals surface area contributed by atoms with Gasteiger partial charge in [-0.05, 0) is 143 Å². The molecule has 0 amide bonds. The van der Waals surface area contributed by atoms with E-state index >= 15 is 0 Å². The van der Waals surface area contributed by atoms with E-state index < -0.39 is 9.85 Å². The molecule has 0 spiro atoms. The average molecular weight is 945 g/mol. The molecule has 0 saturated carbocycles. The molecule has 2 N–H and O–H groups in total. The van der Waals surface area contributed by atoms with Gasteiger partial charge in [-0.3, -0.25) is 20.2 Å². The van der Waals surface area contributed by atoms with Gasteiger partial charge < -0.3 is 19.4 Å². The van der Waals surface area contributed by atoms with Crippen LogP contribution in [0, 0.1) is 20.2 Å². The first kappa shape index (κ1) is 46.6. The van der Waals surface area contributed by atoms with Crippen LogP contribution in [0.5, 0.6) is 11.5 Å². The van der Waals surface area contributed by atoms with Gasteiger partial charge in [-0.2, -0.15) is 0 Å². The maximum Gasteiger partial charge on any atom is 0.269 e. The molecule has 0 unspecified atom stereocenters. The van der Waals surface area contributed by atoms with Gasteiger partial charge in [0.25, 0.3) is 11.4 Å². The standard InChI is InChI=1S/C59H56N6O6/c1-58(2,3)38-16-30-52-42(34-38)56-48-26-22-44(60-48)54(36-12-18-40(19-13-36)64(66)67)46-24-28-50(62-46)57(43-35-39(59(4,5)6)17-31-53(43)71-33-11-9-7-8-10-32-70-52)51-29-25-47(63-51)55(45-23-27-49(56)61-45)37-14-20-41(21-15-37)65(68)69/h12-31,34-35,60,63H,7-11,32-33H2,1-6H3. The van der Waals surface area contributed by atoms with E-state index in [1.807, 2.05) is 48.6 Å². The minimum atomic E-state index is -0.392. The monoisotopic (exact) mass is 944 g/mol. The van der Waals surface area contributed by atoms with E-state index in [1.54, 1.807) is 24.3 Å². The second-order valence-electron chi connectivity index (χ2n) is 20.5. The van der Waals surface area contributed by atoms with E-state index in [-0.39, 0.29) is 22.2 Å². The molecular weight excluding hydrogens is 889 g/mol. The summed E-state index contributed by atoms with van der Waals surface area (Å²) in [6.45, 7) is 14.2. The van der Waals surface area contributed by atoms with Gasteiger partial charge in [0.15, 0.2) is 0 Å². The van der Waals surface area contributed by atoms with E-state index in [1.165, 1.54) is 24.3 Å². The van der Waals surface area contributed by atoms with Crippen LogP contribution in [0.2, 0.25) is 0 Å². The van der Waals surface area contributed by atoms with Crippen LogP contribution in [0.1, 0.15) is 108 Å². The third-order valence-electron chi connectivity index (χ3n) is 13.5. The van der Waals surface area contributed by atoms with E-state index in [0.29, 0.717) is 36.0 Å². The number of non-ortho nitro benzene ring substituents is 2. The Morgan fingerprint density at radius 3 is 1.14 bits per heavy atom. The normalized spacial score (nSPS) is 14.0. The molecule has 3 aliphatic heterocycles. The number of benzene rings is 4. The Morgan fingerprint density at radius 2 is 0.789 bits per heavy atom. The van der Waals surface area contributed by atoms with Gasteiger partial charge in [0.1, 0.15) is 11.5 Å². The lowest BCUT2D eigenvalue weighted by molar-refractivity contribution is -0.385. The SMILES string of the molecule is CC(C)(C)c1ccc2c(c1)-c1c3nc(c(-c4ccc([N+](=O)[O-])cc4)c4ccc([nH]4)c(c4nc(c(-c5ccc([N+](=O)[O-])cc5)c5ccc1[nH]5)C=C4)-c1cc(C(C)(C)C)ccc1OCCCCCCCO2)C=C3. The number of aromatic amines is 2. The third-order valence-corrected chi connectivity index (χ3v) is 13.5. The second kappa shape index (κ2) is 18.7. The summed E-state index contributed by atoms with van der Waals surface area (Å²) in [5, 5.41) is 23.9. The first-order valence-electron chi connectivity index (χ1n) is 24.3. The Labute approximate surface area is 412 Å². The molecule has 10 rings (SSSR count). The van der Waals surface area contributed by atoms with Crippen molar-refractivity contribution in [1.82, 2.24) is 19.9 Å². The van der Waals surface area contributed by atoms with Crippen molar-refractivity contribution in [1.29, 1.82) is 0 Å². The molecule has 7 aromatic rings. The summed E-state index contributed by atoms with van der Waals surface area (Å²) in [5.74, 6) is 1.45. The van der Waals surface area contributed by atoms with Gasteiger partial charge in [0, 0.05) is 79.7 Å². The number of ether oxygens (including phenoxy) is 2. The lowest BCUT2D eigenvalue weighted by Gasteiger charge is -2.22. The summed E-state index contributed by atoms with van der Waals surface area (Å²) < 4.78 is 13.5. The van der Waals surface area contributed by atoms with Gasteiger partial charge in [-0.25, -0.2) is 9.97 Å². The third kappa shape index (κ3) is 9.37. The van der Waals surface area contributed by atoms with Crippen LogP contribution in [0.15, 0.2) is 109 Å². The Bertz CT molecular complexity index is 3250. The zero-order valence-electron chi connectivity index (χ0n) is 40.9. The molecule has 12 heteroatoms. The van der Waals surface area contributed by atoms with Gasteiger partial charge in [0.05, 0.1) is 45.8 Å². The fourth-order valence-corrected chi connectivity index (χ4v) is 9.61. The number of nitrogens with one attached hydrogen (secondary N) is 2. The van der Waals surface area contributed by atoms with Crippen molar-refractivity contribution < 1.29 is 19.3 Å². The fraction of sp³-hybridized carbons (Fsp3) is 0.254. The first-order valence-corrected chi connectivity index (χ1v) is 24.3. The highest BCUT2D eigenvalue weighted by atomic mass is 16.6. The summed E-state index contributed by atoms with van der Waals surface area (Å²) in [6.07, 6.45) is 12.9. The molecule has 0 radical (unpaired) electrons. The van der Waals surface area contributed by atoms with Crippen LogP contribution in [0.3, 0.4) is 0 Å². The molecule has 4 aromatic carbocycles. The molecule has 6 heterocycles. The van der Waals surface area contributed by atoms with Crippen molar-refractivity contribution in [3.05, 3.63) is 163 Å². The van der Waals surface area contributed by atoms with Crippen molar-refractivity contribution in [2.75, 3.05) is 13.2 Å². The van der Waals surface area contributed by atoms with Crippen LogP contribution < -0.4 is 9.47 Å². The number of aromatic nitrogens is 4. The minimum Gasteiger partial charge on any atom is -0.493 e. The Kier molecular flexibility index (Phi) is 12.2. The topological polar surface area (TPSA) is 162 Å². The molecule has 358 valence electrons. The molecule has 0 fully saturated rings. The number of nitrogens with zero attached hydrogens (tertiary/aromatic N) is 4. The van der Waals surface area contributed by atoms with Gasteiger partial charge >= 0.3 is 0 Å². The summed E-state index contributed by atoms with van der Waals surface area (Å²) in [4.78, 5) is 41.7. The molecule has 0 aliphatic carbocycles. The predicted molar refractivity (Wildman–Crippen MR) is 285 cm³/mol. The maximum atomic E-state index is 11.9. The van der Waals surface area contributed by atoms with E-state index in [2.05, 4.69) is 87.9 Å². The number of nitro benzene ring substituents is 2. The summed E-state index contributed by atoms with van der Waals surface area (Å²) in [6, 6.07) is 34.2. The first-order chi connectivity index (χ1) is 34.1. The lowest BCUT2D eigenvalue weighted by Crippen LogP contribution is -2.11. The maximum absolute atomic E-state index is 11.9. The van der Waals surface area contributed by atoms with Crippen molar-refractivity contribution in [2.24, 2.45) is 0 Å². The Hall–Kier alpha value is -8.12. The van der Waals surface area contributed by atoms with E-state index in [0.717, 1.165) is 121 Å². The number of nitro groups is 2. The van der Waals surface area contributed by atoms with Crippen LogP contribution >= 0.6 is 0 Å². The van der Waals surface area contributed by atoms with Crippen molar-refractivity contribution in [3.63, 3.8) is 0 Å². The second-order valence-corrected chi connectivity index (χ2v) is 20.5. The molecule has 0 saturated heterocycles. The number of hydrogen-bond donors (Lipinski definition) is 2. The highest BCUT2D eigenvalue weighted by Crippen LogP contribution is 2.44. The lowest BCUT2D eigenvalue weighted by atomic mass is 9.85. The van der Waals surface area contributed by atoms with Crippen LogP contribution in [0.4, 0.5) is 11.4 Å². The van der Waals surface area contributed by atoms with Crippen molar-refractivity contribution in [2.45, 2.75) is 84.5 Å². The smallest absolute Gasteiger partial charge is 0.269 e.